The number of fused-ring (bicyclic) bond motifs is 1. The molecule has 0 N–H and O–H groups in total. The van der Waals surface area contributed by atoms with Gasteiger partial charge in [0.05, 0.1) is 5.39 Å². The number of thioether (sulfide) groups is 1. The molecule has 1 aromatic carbocycles. The molecule has 0 unspecified atom stereocenters. The standard InChI is InChI=1S/C14H11ClN2OS2/c1-17-13(18)11-9(8-5-3-4-6-10(8)15)7-20-12(11)16-14(17)19-2/h3-7H,1-2H3. The van der Waals surface area contributed by atoms with Gasteiger partial charge in [-0.15, -0.1) is 11.3 Å². The molecule has 2 aromatic heterocycles. The van der Waals surface area contributed by atoms with Crippen LogP contribution < -0.4 is 5.56 Å². The molecule has 0 saturated heterocycles. The zero-order valence-electron chi connectivity index (χ0n) is 10.9. The van der Waals surface area contributed by atoms with Crippen molar-refractivity contribution in [1.82, 2.24) is 9.55 Å². The summed E-state index contributed by atoms with van der Waals surface area (Å²) in [5.74, 6) is 0. The quantitative estimate of drug-likeness (QED) is 0.527. The van der Waals surface area contributed by atoms with E-state index in [4.69, 9.17) is 11.6 Å². The third-order valence-electron chi connectivity index (χ3n) is 3.12. The smallest absolute Gasteiger partial charge is 0.263 e. The van der Waals surface area contributed by atoms with Crippen LogP contribution in [0.3, 0.4) is 0 Å². The van der Waals surface area contributed by atoms with Crippen molar-refractivity contribution in [3.63, 3.8) is 0 Å². The van der Waals surface area contributed by atoms with Gasteiger partial charge in [0, 0.05) is 28.6 Å². The highest BCUT2D eigenvalue weighted by molar-refractivity contribution is 7.98. The molecule has 0 aliphatic heterocycles. The Kier molecular flexibility index (Phi) is 3.58. The fourth-order valence-corrected chi connectivity index (χ4v) is 3.88. The van der Waals surface area contributed by atoms with Gasteiger partial charge in [0.1, 0.15) is 4.83 Å². The van der Waals surface area contributed by atoms with E-state index in [-0.39, 0.29) is 5.56 Å². The second kappa shape index (κ2) is 5.24. The van der Waals surface area contributed by atoms with E-state index in [1.54, 1.807) is 11.6 Å². The van der Waals surface area contributed by atoms with Crippen LogP contribution in [0.5, 0.6) is 0 Å². The van der Waals surface area contributed by atoms with E-state index in [1.807, 2.05) is 35.9 Å². The molecular formula is C14H11ClN2OS2. The van der Waals surface area contributed by atoms with Crippen LogP contribution in [0.25, 0.3) is 21.3 Å². The van der Waals surface area contributed by atoms with Crippen LogP contribution in [0.4, 0.5) is 0 Å². The van der Waals surface area contributed by atoms with E-state index in [1.165, 1.54) is 23.1 Å². The average molecular weight is 323 g/mol. The monoisotopic (exact) mass is 322 g/mol. The summed E-state index contributed by atoms with van der Waals surface area (Å²) >= 11 is 9.18. The maximum Gasteiger partial charge on any atom is 0.263 e. The van der Waals surface area contributed by atoms with E-state index in [0.29, 0.717) is 10.4 Å². The zero-order valence-corrected chi connectivity index (χ0v) is 13.3. The van der Waals surface area contributed by atoms with E-state index in [0.717, 1.165) is 21.1 Å². The molecule has 3 nitrogen and oxygen atoms in total. The molecule has 0 bridgehead atoms. The molecule has 102 valence electrons. The van der Waals surface area contributed by atoms with Crippen LogP contribution in [0.2, 0.25) is 5.02 Å². The predicted octanol–water partition coefficient (Wildman–Crippen LogP) is 4.04. The van der Waals surface area contributed by atoms with Gasteiger partial charge in [0.25, 0.3) is 5.56 Å². The lowest BCUT2D eigenvalue weighted by molar-refractivity contribution is 0.729. The van der Waals surface area contributed by atoms with Gasteiger partial charge in [0.15, 0.2) is 5.16 Å². The molecule has 2 heterocycles. The summed E-state index contributed by atoms with van der Waals surface area (Å²) in [6, 6.07) is 7.54. The number of aromatic nitrogens is 2. The van der Waals surface area contributed by atoms with Crippen molar-refractivity contribution in [2.45, 2.75) is 5.16 Å². The second-order valence-corrected chi connectivity index (χ2v) is 6.31. The molecule has 0 amide bonds. The van der Waals surface area contributed by atoms with Crippen molar-refractivity contribution in [1.29, 1.82) is 0 Å². The van der Waals surface area contributed by atoms with E-state index >= 15 is 0 Å². The summed E-state index contributed by atoms with van der Waals surface area (Å²) in [6.07, 6.45) is 1.91. The molecule has 20 heavy (non-hydrogen) atoms. The Morgan fingerprint density at radius 3 is 2.75 bits per heavy atom. The second-order valence-electron chi connectivity index (χ2n) is 4.27. The van der Waals surface area contributed by atoms with Gasteiger partial charge in [-0.1, -0.05) is 41.6 Å². The average Bonchev–Trinajstić information content (AvgIpc) is 2.87. The Morgan fingerprint density at radius 2 is 2.05 bits per heavy atom. The molecular weight excluding hydrogens is 312 g/mol. The number of hydrogen-bond donors (Lipinski definition) is 0. The first-order valence-corrected chi connectivity index (χ1v) is 8.39. The number of rotatable bonds is 2. The fraction of sp³-hybridized carbons (Fsp3) is 0.143. The highest BCUT2D eigenvalue weighted by Gasteiger charge is 2.16. The van der Waals surface area contributed by atoms with E-state index in [9.17, 15) is 4.79 Å². The third kappa shape index (κ3) is 2.06. The van der Waals surface area contributed by atoms with Crippen molar-refractivity contribution in [3.05, 3.63) is 45.0 Å². The lowest BCUT2D eigenvalue weighted by Crippen LogP contribution is -2.19. The van der Waals surface area contributed by atoms with Crippen molar-refractivity contribution >= 4 is 44.9 Å². The van der Waals surface area contributed by atoms with Crippen LogP contribution in [-0.4, -0.2) is 15.8 Å². The normalized spacial score (nSPS) is 11.2. The topological polar surface area (TPSA) is 34.9 Å². The molecule has 0 fully saturated rings. The molecule has 0 spiro atoms. The van der Waals surface area contributed by atoms with Crippen molar-refractivity contribution in [2.75, 3.05) is 6.26 Å². The first-order chi connectivity index (χ1) is 9.63. The number of thiophene rings is 1. The fourth-order valence-electron chi connectivity index (χ4n) is 2.11. The highest BCUT2D eigenvalue weighted by atomic mass is 35.5. The number of nitrogens with zero attached hydrogens (tertiary/aromatic N) is 2. The van der Waals surface area contributed by atoms with E-state index < -0.39 is 0 Å². The van der Waals surface area contributed by atoms with Gasteiger partial charge in [-0.05, 0) is 12.3 Å². The minimum atomic E-state index is -0.0319. The van der Waals surface area contributed by atoms with Gasteiger partial charge < -0.3 is 0 Å². The van der Waals surface area contributed by atoms with Crippen LogP contribution in [0.15, 0.2) is 39.6 Å². The number of hydrogen-bond acceptors (Lipinski definition) is 4. The summed E-state index contributed by atoms with van der Waals surface area (Å²) in [5, 5.41) is 3.95. The summed E-state index contributed by atoms with van der Waals surface area (Å²) < 4.78 is 1.58. The van der Waals surface area contributed by atoms with Crippen LogP contribution in [0, 0.1) is 0 Å². The molecule has 0 radical (unpaired) electrons. The summed E-state index contributed by atoms with van der Waals surface area (Å²) in [7, 11) is 1.74. The SMILES string of the molecule is CSc1nc2scc(-c3ccccc3Cl)c2c(=O)n1C. The molecule has 0 atom stereocenters. The Bertz CT molecular complexity index is 854. The summed E-state index contributed by atoms with van der Waals surface area (Å²) in [5.41, 5.74) is 1.70. The van der Waals surface area contributed by atoms with Gasteiger partial charge in [-0.25, -0.2) is 4.98 Å². The molecule has 3 rings (SSSR count). The molecule has 0 aliphatic rings. The molecule has 0 saturated carbocycles. The molecule has 6 heteroatoms. The zero-order chi connectivity index (χ0) is 14.3. The lowest BCUT2D eigenvalue weighted by Gasteiger charge is -2.06. The Morgan fingerprint density at radius 1 is 1.30 bits per heavy atom. The summed E-state index contributed by atoms with van der Waals surface area (Å²) in [6.45, 7) is 0. The maximum atomic E-state index is 12.5. The lowest BCUT2D eigenvalue weighted by atomic mass is 10.1. The first-order valence-electron chi connectivity index (χ1n) is 5.90. The van der Waals surface area contributed by atoms with Gasteiger partial charge in [-0.3, -0.25) is 9.36 Å². The molecule has 0 aliphatic carbocycles. The van der Waals surface area contributed by atoms with Gasteiger partial charge in [-0.2, -0.15) is 0 Å². The van der Waals surface area contributed by atoms with Crippen LogP contribution in [0.1, 0.15) is 0 Å². The largest absolute Gasteiger partial charge is 0.290 e. The summed E-state index contributed by atoms with van der Waals surface area (Å²) in [4.78, 5) is 17.8. The van der Waals surface area contributed by atoms with Gasteiger partial charge in [0.2, 0.25) is 0 Å². The minimum Gasteiger partial charge on any atom is -0.290 e. The third-order valence-corrected chi connectivity index (χ3v) is 5.05. The van der Waals surface area contributed by atoms with Crippen LogP contribution in [-0.2, 0) is 7.05 Å². The first kappa shape index (κ1) is 13.7. The molecule has 3 aromatic rings. The number of halogens is 1. The highest BCUT2D eigenvalue weighted by Crippen LogP contribution is 2.35. The predicted molar refractivity (Wildman–Crippen MR) is 87.1 cm³/mol. The number of benzene rings is 1. The Balaban J connectivity index is 2.38. The van der Waals surface area contributed by atoms with Crippen molar-refractivity contribution in [3.8, 4) is 11.1 Å². The van der Waals surface area contributed by atoms with Gasteiger partial charge >= 0.3 is 0 Å². The van der Waals surface area contributed by atoms with Crippen molar-refractivity contribution < 1.29 is 0 Å². The van der Waals surface area contributed by atoms with Crippen LogP contribution >= 0.6 is 34.7 Å². The van der Waals surface area contributed by atoms with E-state index in [2.05, 4.69) is 4.98 Å². The van der Waals surface area contributed by atoms with Crippen molar-refractivity contribution in [2.24, 2.45) is 7.05 Å². The Labute approximate surface area is 129 Å². The maximum absolute atomic E-state index is 12.5. The minimum absolute atomic E-state index is 0.0319. The Hall–Kier alpha value is -1.30.